The zero-order chi connectivity index (χ0) is 16.1. The molecule has 1 saturated heterocycles. The van der Waals surface area contributed by atoms with Crippen LogP contribution in [0.2, 0.25) is 0 Å². The van der Waals surface area contributed by atoms with E-state index in [2.05, 4.69) is 39.5 Å². The van der Waals surface area contributed by atoms with Crippen LogP contribution < -0.4 is 11.1 Å². The predicted molar refractivity (Wildman–Crippen MR) is 107 cm³/mol. The predicted octanol–water partition coefficient (Wildman–Crippen LogP) is 2.97. The molecule has 0 aliphatic carbocycles. The van der Waals surface area contributed by atoms with Gasteiger partial charge >= 0.3 is 0 Å². The van der Waals surface area contributed by atoms with E-state index in [4.69, 9.17) is 5.73 Å². The molecule has 3 N–H and O–H groups in total. The molecule has 0 bridgehead atoms. The van der Waals surface area contributed by atoms with Gasteiger partial charge in [0.1, 0.15) is 10.7 Å². The van der Waals surface area contributed by atoms with Crippen molar-refractivity contribution in [3.05, 3.63) is 51.5 Å². The van der Waals surface area contributed by atoms with Gasteiger partial charge in [0, 0.05) is 25.0 Å². The van der Waals surface area contributed by atoms with Gasteiger partial charge in [-0.15, -0.1) is 36.2 Å². The van der Waals surface area contributed by atoms with Crippen LogP contribution in [0.25, 0.3) is 0 Å². The van der Waals surface area contributed by atoms with Crippen LogP contribution in [0.3, 0.4) is 0 Å². The van der Waals surface area contributed by atoms with E-state index in [9.17, 15) is 4.79 Å². The van der Waals surface area contributed by atoms with E-state index in [-0.39, 0.29) is 30.7 Å². The van der Waals surface area contributed by atoms with Crippen molar-refractivity contribution in [1.82, 2.24) is 15.2 Å². The van der Waals surface area contributed by atoms with E-state index >= 15 is 0 Å². The fourth-order valence-corrected chi connectivity index (χ4v) is 3.40. The Kier molecular flexibility index (Phi) is 9.38. The fraction of sp³-hybridized carbons (Fsp3) is 0.412. The summed E-state index contributed by atoms with van der Waals surface area (Å²) in [5, 5.41) is 5.43. The molecule has 1 aromatic heterocycles. The first-order chi connectivity index (χ1) is 11.2. The Morgan fingerprint density at radius 2 is 1.80 bits per heavy atom. The third-order valence-corrected chi connectivity index (χ3v) is 4.91. The van der Waals surface area contributed by atoms with Crippen molar-refractivity contribution in [3.8, 4) is 0 Å². The van der Waals surface area contributed by atoms with Gasteiger partial charge in [-0.2, -0.15) is 0 Å². The van der Waals surface area contributed by atoms with E-state index in [1.807, 2.05) is 0 Å². The van der Waals surface area contributed by atoms with Gasteiger partial charge in [-0.05, 0) is 37.1 Å². The summed E-state index contributed by atoms with van der Waals surface area (Å²) >= 11 is 1.41. The van der Waals surface area contributed by atoms with Crippen LogP contribution in [0.4, 0.5) is 0 Å². The minimum Gasteiger partial charge on any atom is -0.347 e. The molecule has 2 heterocycles. The largest absolute Gasteiger partial charge is 0.347 e. The van der Waals surface area contributed by atoms with Crippen molar-refractivity contribution in [2.45, 2.75) is 32.5 Å². The lowest BCUT2D eigenvalue weighted by Gasteiger charge is -2.14. The molecular weight excluding hydrogens is 379 g/mol. The molecular formula is C17H24Cl2N4OS. The first-order valence-corrected chi connectivity index (χ1v) is 8.85. The second-order valence-corrected chi connectivity index (χ2v) is 6.76. The SMILES string of the molecule is Cl.Cl.NCc1nc(C(=O)NCc2ccc(CN3CCCC3)cc2)cs1. The summed E-state index contributed by atoms with van der Waals surface area (Å²) in [6, 6.07) is 8.46. The Bertz CT molecular complexity index is 657. The highest BCUT2D eigenvalue weighted by molar-refractivity contribution is 7.09. The van der Waals surface area contributed by atoms with Gasteiger partial charge in [0.05, 0.1) is 0 Å². The van der Waals surface area contributed by atoms with Crippen molar-refractivity contribution in [1.29, 1.82) is 0 Å². The van der Waals surface area contributed by atoms with Crippen LogP contribution in [-0.4, -0.2) is 28.9 Å². The number of nitrogens with zero attached hydrogens (tertiary/aromatic N) is 2. The number of aromatic nitrogens is 1. The summed E-state index contributed by atoms with van der Waals surface area (Å²) in [6.07, 6.45) is 2.62. The standard InChI is InChI=1S/C17H22N4OS.2ClH/c18-9-16-20-15(12-23-16)17(22)19-10-13-3-5-14(6-4-13)11-21-7-1-2-8-21;;/h3-6,12H,1-2,7-11,18H2,(H,19,22);2*1H. The second kappa shape index (κ2) is 10.7. The van der Waals surface area contributed by atoms with Crippen LogP contribution in [0.15, 0.2) is 29.6 Å². The average molecular weight is 403 g/mol. The van der Waals surface area contributed by atoms with E-state index < -0.39 is 0 Å². The van der Waals surface area contributed by atoms with Crippen molar-refractivity contribution < 1.29 is 4.79 Å². The number of rotatable bonds is 6. The van der Waals surface area contributed by atoms with Crippen LogP contribution in [-0.2, 0) is 19.6 Å². The number of amides is 1. The maximum atomic E-state index is 12.0. The van der Waals surface area contributed by atoms with Gasteiger partial charge in [-0.1, -0.05) is 24.3 Å². The third kappa shape index (κ3) is 6.24. The minimum atomic E-state index is -0.151. The Morgan fingerprint density at radius 1 is 1.16 bits per heavy atom. The summed E-state index contributed by atoms with van der Waals surface area (Å²) in [4.78, 5) is 18.7. The Hall–Kier alpha value is -1.18. The van der Waals surface area contributed by atoms with E-state index in [1.165, 1.54) is 42.8 Å². The summed E-state index contributed by atoms with van der Waals surface area (Å²) < 4.78 is 0. The van der Waals surface area contributed by atoms with Gasteiger partial charge in [0.2, 0.25) is 0 Å². The van der Waals surface area contributed by atoms with E-state index in [1.54, 1.807) is 5.38 Å². The van der Waals surface area contributed by atoms with Gasteiger partial charge in [-0.3, -0.25) is 9.69 Å². The molecule has 1 aliphatic rings. The number of carbonyl (C=O) groups excluding carboxylic acids is 1. The second-order valence-electron chi connectivity index (χ2n) is 5.81. The van der Waals surface area contributed by atoms with Gasteiger partial charge in [-0.25, -0.2) is 4.98 Å². The quantitative estimate of drug-likeness (QED) is 0.778. The first kappa shape index (κ1) is 21.9. The maximum Gasteiger partial charge on any atom is 0.271 e. The number of carbonyl (C=O) groups is 1. The highest BCUT2D eigenvalue weighted by Crippen LogP contribution is 2.13. The van der Waals surface area contributed by atoms with Crippen LogP contribution in [0.1, 0.15) is 39.5 Å². The highest BCUT2D eigenvalue weighted by Gasteiger charge is 2.12. The maximum absolute atomic E-state index is 12.0. The summed E-state index contributed by atoms with van der Waals surface area (Å²) in [7, 11) is 0. The number of nitrogens with one attached hydrogen (secondary N) is 1. The van der Waals surface area contributed by atoms with Crippen molar-refractivity contribution in [2.75, 3.05) is 13.1 Å². The monoisotopic (exact) mass is 402 g/mol. The molecule has 0 unspecified atom stereocenters. The minimum absolute atomic E-state index is 0. The Morgan fingerprint density at radius 3 is 2.40 bits per heavy atom. The smallest absolute Gasteiger partial charge is 0.271 e. The van der Waals surface area contributed by atoms with Crippen LogP contribution in [0, 0.1) is 0 Å². The lowest BCUT2D eigenvalue weighted by atomic mass is 10.1. The Balaban J connectivity index is 0.00000156. The van der Waals surface area contributed by atoms with Crippen LogP contribution in [0.5, 0.6) is 0 Å². The third-order valence-electron chi connectivity index (χ3n) is 4.04. The number of halogens is 2. The molecule has 138 valence electrons. The number of hydrogen-bond donors (Lipinski definition) is 2. The molecule has 0 saturated carbocycles. The summed E-state index contributed by atoms with van der Waals surface area (Å²) in [5.74, 6) is -0.151. The number of likely N-dealkylation sites (tertiary alicyclic amines) is 1. The molecule has 8 heteroatoms. The molecule has 0 spiro atoms. The molecule has 5 nitrogen and oxygen atoms in total. The zero-order valence-corrected chi connectivity index (χ0v) is 16.4. The van der Waals surface area contributed by atoms with Crippen LogP contribution >= 0.6 is 36.2 Å². The number of thiazole rings is 1. The molecule has 1 amide bonds. The number of hydrogen-bond acceptors (Lipinski definition) is 5. The van der Waals surface area contributed by atoms with Gasteiger partial charge in [0.15, 0.2) is 0 Å². The summed E-state index contributed by atoms with van der Waals surface area (Å²) in [5.41, 5.74) is 8.38. The van der Waals surface area contributed by atoms with E-state index in [0.717, 1.165) is 17.1 Å². The van der Waals surface area contributed by atoms with Gasteiger partial charge < -0.3 is 11.1 Å². The van der Waals surface area contributed by atoms with Crippen molar-refractivity contribution in [3.63, 3.8) is 0 Å². The van der Waals surface area contributed by atoms with Crippen molar-refractivity contribution in [2.24, 2.45) is 5.73 Å². The number of benzene rings is 1. The van der Waals surface area contributed by atoms with Gasteiger partial charge in [0.25, 0.3) is 5.91 Å². The molecule has 0 radical (unpaired) electrons. The molecule has 25 heavy (non-hydrogen) atoms. The molecule has 0 atom stereocenters. The molecule has 1 fully saturated rings. The van der Waals surface area contributed by atoms with Crippen molar-refractivity contribution >= 4 is 42.1 Å². The highest BCUT2D eigenvalue weighted by atomic mass is 35.5. The Labute approximate surface area is 164 Å². The summed E-state index contributed by atoms with van der Waals surface area (Å²) in [6.45, 7) is 4.31. The zero-order valence-electron chi connectivity index (χ0n) is 13.9. The molecule has 2 aromatic rings. The molecule has 1 aliphatic heterocycles. The lowest BCUT2D eigenvalue weighted by molar-refractivity contribution is 0.0946. The first-order valence-electron chi connectivity index (χ1n) is 7.97. The average Bonchev–Trinajstić information content (AvgIpc) is 3.25. The lowest BCUT2D eigenvalue weighted by Crippen LogP contribution is -2.23. The molecule has 3 rings (SSSR count). The normalized spacial score (nSPS) is 13.8. The topological polar surface area (TPSA) is 71.2 Å². The van der Waals surface area contributed by atoms with E-state index in [0.29, 0.717) is 18.8 Å². The molecule has 1 aromatic carbocycles. The fourth-order valence-electron chi connectivity index (χ4n) is 2.74. The number of nitrogens with two attached hydrogens (primary N) is 1.